The molecule has 0 saturated heterocycles. The molecule has 2 aromatic carbocycles. The van der Waals surface area contributed by atoms with Crippen molar-refractivity contribution in [3.05, 3.63) is 64.2 Å². The average Bonchev–Trinajstić information content (AvgIpc) is 3.11. The van der Waals surface area contributed by atoms with Gasteiger partial charge in [0.05, 0.1) is 10.9 Å². The Labute approximate surface area is 144 Å². The number of para-hydroxylation sites is 1. The Morgan fingerprint density at radius 2 is 1.96 bits per heavy atom. The van der Waals surface area contributed by atoms with Crippen LogP contribution in [0.5, 0.6) is 11.5 Å². The molecule has 3 aromatic rings. The molecule has 0 aliphatic carbocycles. The molecule has 0 bridgehead atoms. The maximum atomic E-state index is 12.8. The molecule has 2 aliphatic heterocycles. The van der Waals surface area contributed by atoms with Crippen LogP contribution in [0.1, 0.15) is 24.2 Å². The van der Waals surface area contributed by atoms with Crippen LogP contribution in [-0.2, 0) is 6.54 Å². The van der Waals surface area contributed by atoms with Crippen molar-refractivity contribution in [1.29, 1.82) is 0 Å². The predicted octanol–water partition coefficient (Wildman–Crippen LogP) is 3.46. The van der Waals surface area contributed by atoms with Gasteiger partial charge in [0.25, 0.3) is 5.56 Å². The number of hydrogen-bond donors (Lipinski definition) is 0. The van der Waals surface area contributed by atoms with E-state index in [0.717, 1.165) is 46.8 Å². The molecule has 0 fully saturated rings. The van der Waals surface area contributed by atoms with Crippen LogP contribution in [0.4, 0.5) is 0 Å². The summed E-state index contributed by atoms with van der Waals surface area (Å²) < 4.78 is 12.6. The van der Waals surface area contributed by atoms with E-state index in [2.05, 4.69) is 6.08 Å². The van der Waals surface area contributed by atoms with Crippen LogP contribution in [0.25, 0.3) is 22.6 Å². The van der Waals surface area contributed by atoms with Gasteiger partial charge in [-0.05, 0) is 54.3 Å². The van der Waals surface area contributed by atoms with Gasteiger partial charge in [0.1, 0.15) is 5.82 Å². The van der Waals surface area contributed by atoms with Crippen molar-refractivity contribution in [3.8, 4) is 11.5 Å². The molecule has 5 heteroatoms. The van der Waals surface area contributed by atoms with Crippen molar-refractivity contribution >= 4 is 22.6 Å². The first kappa shape index (κ1) is 14.3. The van der Waals surface area contributed by atoms with Gasteiger partial charge in [-0.3, -0.25) is 9.36 Å². The number of allylic oxidation sites excluding steroid dienone is 1. The third-order valence-corrected chi connectivity index (χ3v) is 4.71. The molecule has 0 unspecified atom stereocenters. The van der Waals surface area contributed by atoms with Crippen LogP contribution in [0.15, 0.2) is 47.3 Å². The van der Waals surface area contributed by atoms with E-state index >= 15 is 0 Å². The lowest BCUT2D eigenvalue weighted by Gasteiger charge is -2.20. The zero-order chi connectivity index (χ0) is 16.8. The molecule has 25 heavy (non-hydrogen) atoms. The Balaban J connectivity index is 1.67. The molecule has 0 amide bonds. The van der Waals surface area contributed by atoms with Gasteiger partial charge >= 0.3 is 0 Å². The Morgan fingerprint density at radius 1 is 1.08 bits per heavy atom. The summed E-state index contributed by atoms with van der Waals surface area (Å²) in [4.78, 5) is 17.5. The summed E-state index contributed by atoms with van der Waals surface area (Å²) in [6.07, 6.45) is 3.93. The highest BCUT2D eigenvalue weighted by atomic mass is 16.7. The van der Waals surface area contributed by atoms with Crippen molar-refractivity contribution in [2.75, 3.05) is 6.79 Å². The summed E-state index contributed by atoms with van der Waals surface area (Å²) in [6, 6.07) is 13.4. The van der Waals surface area contributed by atoms with E-state index < -0.39 is 0 Å². The molecule has 3 heterocycles. The third kappa shape index (κ3) is 2.31. The predicted molar refractivity (Wildman–Crippen MR) is 95.7 cm³/mol. The van der Waals surface area contributed by atoms with Gasteiger partial charge in [0.15, 0.2) is 11.5 Å². The highest BCUT2D eigenvalue weighted by Gasteiger charge is 2.19. The SMILES string of the molecule is O=c1c2ccccc2nc2n1CCCC2=Cc1ccc2c(c1)OCO2. The van der Waals surface area contributed by atoms with Gasteiger partial charge in [0.2, 0.25) is 6.79 Å². The van der Waals surface area contributed by atoms with E-state index in [1.807, 2.05) is 42.5 Å². The Hall–Kier alpha value is -3.08. The van der Waals surface area contributed by atoms with Crippen LogP contribution >= 0.6 is 0 Å². The number of nitrogens with zero attached hydrogens (tertiary/aromatic N) is 2. The number of hydrogen-bond acceptors (Lipinski definition) is 4. The highest BCUT2D eigenvalue weighted by molar-refractivity contribution is 5.84. The van der Waals surface area contributed by atoms with Crippen LogP contribution in [0.3, 0.4) is 0 Å². The molecule has 0 N–H and O–H groups in total. The van der Waals surface area contributed by atoms with Gasteiger partial charge in [-0.15, -0.1) is 0 Å². The van der Waals surface area contributed by atoms with E-state index in [4.69, 9.17) is 14.5 Å². The average molecular weight is 332 g/mol. The molecule has 5 rings (SSSR count). The number of benzene rings is 2. The minimum absolute atomic E-state index is 0.0388. The largest absolute Gasteiger partial charge is 0.454 e. The second kappa shape index (κ2) is 5.48. The van der Waals surface area contributed by atoms with E-state index in [1.165, 1.54) is 0 Å². The zero-order valence-electron chi connectivity index (χ0n) is 13.6. The van der Waals surface area contributed by atoms with E-state index in [-0.39, 0.29) is 12.4 Å². The summed E-state index contributed by atoms with van der Waals surface area (Å²) in [7, 11) is 0. The van der Waals surface area contributed by atoms with Crippen molar-refractivity contribution < 1.29 is 9.47 Å². The maximum Gasteiger partial charge on any atom is 0.261 e. The van der Waals surface area contributed by atoms with Crippen LogP contribution in [0, 0.1) is 0 Å². The second-order valence-electron chi connectivity index (χ2n) is 6.30. The smallest absolute Gasteiger partial charge is 0.261 e. The first-order valence-corrected chi connectivity index (χ1v) is 8.40. The molecule has 2 aliphatic rings. The second-order valence-corrected chi connectivity index (χ2v) is 6.30. The van der Waals surface area contributed by atoms with Gasteiger partial charge in [0, 0.05) is 6.54 Å². The van der Waals surface area contributed by atoms with Crippen LogP contribution in [-0.4, -0.2) is 16.3 Å². The van der Waals surface area contributed by atoms with E-state index in [9.17, 15) is 4.79 Å². The molecule has 0 saturated carbocycles. The molecule has 0 atom stereocenters. The van der Waals surface area contributed by atoms with Crippen LogP contribution in [0.2, 0.25) is 0 Å². The quantitative estimate of drug-likeness (QED) is 0.685. The molecule has 1 aromatic heterocycles. The maximum absolute atomic E-state index is 12.8. The van der Waals surface area contributed by atoms with Gasteiger partial charge < -0.3 is 9.47 Å². The highest BCUT2D eigenvalue weighted by Crippen LogP contribution is 2.34. The summed E-state index contributed by atoms with van der Waals surface area (Å²) in [5, 5.41) is 0.676. The summed E-state index contributed by atoms with van der Waals surface area (Å²) in [5.74, 6) is 2.30. The Morgan fingerprint density at radius 3 is 2.92 bits per heavy atom. The van der Waals surface area contributed by atoms with Gasteiger partial charge in [-0.25, -0.2) is 4.98 Å². The Kier molecular flexibility index (Phi) is 3.13. The molecule has 0 spiro atoms. The van der Waals surface area contributed by atoms with Crippen LogP contribution < -0.4 is 15.0 Å². The lowest BCUT2D eigenvalue weighted by atomic mass is 10.0. The minimum Gasteiger partial charge on any atom is -0.454 e. The zero-order valence-corrected chi connectivity index (χ0v) is 13.6. The first-order valence-electron chi connectivity index (χ1n) is 8.40. The number of aromatic nitrogens is 2. The summed E-state index contributed by atoms with van der Waals surface area (Å²) in [5.41, 5.74) is 2.89. The molecular formula is C20H16N2O3. The first-order chi connectivity index (χ1) is 12.3. The van der Waals surface area contributed by atoms with Crippen molar-refractivity contribution in [2.24, 2.45) is 0 Å². The van der Waals surface area contributed by atoms with Crippen molar-refractivity contribution in [3.63, 3.8) is 0 Å². The van der Waals surface area contributed by atoms with E-state index in [1.54, 1.807) is 4.57 Å². The minimum atomic E-state index is 0.0388. The molecule has 124 valence electrons. The lowest BCUT2D eigenvalue weighted by molar-refractivity contribution is 0.174. The lowest BCUT2D eigenvalue weighted by Crippen LogP contribution is -2.27. The summed E-state index contributed by atoms with van der Waals surface area (Å²) in [6.45, 7) is 0.978. The topological polar surface area (TPSA) is 53.4 Å². The third-order valence-electron chi connectivity index (χ3n) is 4.71. The fourth-order valence-corrected chi connectivity index (χ4v) is 3.50. The van der Waals surface area contributed by atoms with Gasteiger partial charge in [-0.2, -0.15) is 0 Å². The van der Waals surface area contributed by atoms with Crippen molar-refractivity contribution in [2.45, 2.75) is 19.4 Å². The van der Waals surface area contributed by atoms with Crippen molar-refractivity contribution in [1.82, 2.24) is 9.55 Å². The fraction of sp³-hybridized carbons (Fsp3) is 0.200. The standard InChI is InChI=1S/C20H16N2O3/c23-20-15-5-1-2-6-16(15)21-19-14(4-3-9-22(19)20)10-13-7-8-17-18(11-13)25-12-24-17/h1-2,5-8,10-11H,3-4,9,12H2. The van der Waals surface area contributed by atoms with E-state index in [0.29, 0.717) is 11.9 Å². The Bertz CT molecular complexity index is 1080. The number of rotatable bonds is 1. The molecule has 0 radical (unpaired) electrons. The molecule has 5 nitrogen and oxygen atoms in total. The number of ether oxygens (including phenoxy) is 2. The molecular weight excluding hydrogens is 316 g/mol. The number of fused-ring (bicyclic) bond motifs is 3. The normalized spacial score (nSPS) is 17.0. The fourth-order valence-electron chi connectivity index (χ4n) is 3.50. The monoisotopic (exact) mass is 332 g/mol. The van der Waals surface area contributed by atoms with Gasteiger partial charge in [-0.1, -0.05) is 18.2 Å². The summed E-state index contributed by atoms with van der Waals surface area (Å²) >= 11 is 0.